The number of hydrogen-bond acceptors (Lipinski definition) is 7. The molecule has 0 atom stereocenters. The minimum atomic E-state index is -0.787. The van der Waals surface area contributed by atoms with E-state index in [0.717, 1.165) is 0 Å². The van der Waals surface area contributed by atoms with Crippen molar-refractivity contribution in [2.75, 3.05) is 25.6 Å². The van der Waals surface area contributed by atoms with Gasteiger partial charge in [-0.05, 0) is 23.8 Å². The van der Waals surface area contributed by atoms with Crippen molar-refractivity contribution in [2.24, 2.45) is 0 Å². The minimum Gasteiger partial charge on any atom is -0.497 e. The summed E-state index contributed by atoms with van der Waals surface area (Å²) in [6.07, 6.45) is 1.36. The highest BCUT2D eigenvalue weighted by Gasteiger charge is 2.24. The molecule has 0 fully saturated rings. The van der Waals surface area contributed by atoms with Crippen LogP contribution in [0.2, 0.25) is 0 Å². The lowest BCUT2D eigenvalue weighted by molar-refractivity contribution is -0.384. The minimum absolute atomic E-state index is 0.0916. The Labute approximate surface area is 159 Å². The lowest BCUT2D eigenvalue weighted by Gasteiger charge is -2.19. The van der Waals surface area contributed by atoms with Crippen molar-refractivity contribution in [1.29, 1.82) is 5.26 Å². The number of nitro groups is 1. The second-order valence-electron chi connectivity index (χ2n) is 5.67. The number of amides is 1. The summed E-state index contributed by atoms with van der Waals surface area (Å²) < 4.78 is 15.8. The smallest absolute Gasteiger partial charge is 0.296 e. The molecule has 0 aliphatic carbocycles. The topological polar surface area (TPSA) is 124 Å². The Bertz CT molecular complexity index is 1010. The van der Waals surface area contributed by atoms with E-state index in [0.29, 0.717) is 11.3 Å². The van der Waals surface area contributed by atoms with Crippen LogP contribution in [0.25, 0.3) is 6.08 Å². The summed E-state index contributed by atoms with van der Waals surface area (Å²) in [5.41, 5.74) is -0.109. The van der Waals surface area contributed by atoms with Crippen LogP contribution in [0, 0.1) is 21.4 Å². The van der Waals surface area contributed by atoms with Crippen molar-refractivity contribution in [3.63, 3.8) is 0 Å². The van der Waals surface area contributed by atoms with Crippen molar-refractivity contribution >= 4 is 23.4 Å². The molecule has 1 aliphatic heterocycles. The van der Waals surface area contributed by atoms with Gasteiger partial charge in [0.1, 0.15) is 36.3 Å². The summed E-state index contributed by atoms with van der Waals surface area (Å²) in [5, 5.41) is 23.1. The fourth-order valence-corrected chi connectivity index (χ4v) is 2.57. The van der Waals surface area contributed by atoms with Crippen LogP contribution in [0.1, 0.15) is 5.56 Å². The standard InChI is InChI=1S/C19H15N3O6/c1-26-14-4-2-3-12(8-14)7-13(11-20)19(23)21-15-9-17-18(28-6-5-27-17)10-16(15)22(24)25/h2-4,7-10H,5-6H2,1H3,(H,21,23)/b13-7+. The number of benzene rings is 2. The van der Waals surface area contributed by atoms with Crippen LogP contribution >= 0.6 is 0 Å². The van der Waals surface area contributed by atoms with E-state index in [4.69, 9.17) is 14.2 Å². The maximum absolute atomic E-state index is 12.5. The van der Waals surface area contributed by atoms with Crippen LogP contribution in [0.15, 0.2) is 42.0 Å². The summed E-state index contributed by atoms with van der Waals surface area (Å²) in [5.74, 6) is 0.282. The number of methoxy groups -OCH3 is 1. The van der Waals surface area contributed by atoms with Crippen molar-refractivity contribution < 1.29 is 23.9 Å². The Hall–Kier alpha value is -4.06. The van der Waals surface area contributed by atoms with Crippen molar-refractivity contribution in [1.82, 2.24) is 0 Å². The average molecular weight is 381 g/mol. The SMILES string of the molecule is COc1cccc(/C=C(\C#N)C(=O)Nc2cc3c(cc2[N+](=O)[O-])OCCO3)c1. The van der Waals surface area contributed by atoms with Gasteiger partial charge >= 0.3 is 0 Å². The fourth-order valence-electron chi connectivity index (χ4n) is 2.57. The van der Waals surface area contributed by atoms with E-state index in [9.17, 15) is 20.2 Å². The van der Waals surface area contributed by atoms with Crippen LogP contribution in [-0.4, -0.2) is 31.2 Å². The number of hydrogen-bond donors (Lipinski definition) is 1. The molecule has 9 nitrogen and oxygen atoms in total. The van der Waals surface area contributed by atoms with Crippen molar-refractivity contribution in [3.05, 3.63) is 57.6 Å². The van der Waals surface area contributed by atoms with E-state index < -0.39 is 10.8 Å². The molecule has 0 unspecified atom stereocenters. The molecular formula is C19H15N3O6. The number of nitrogens with one attached hydrogen (secondary N) is 1. The van der Waals surface area contributed by atoms with Crippen LogP contribution in [0.5, 0.6) is 17.2 Å². The molecule has 9 heteroatoms. The zero-order chi connectivity index (χ0) is 20.1. The first-order valence-electron chi connectivity index (χ1n) is 8.17. The summed E-state index contributed by atoms with van der Waals surface area (Å²) in [7, 11) is 1.50. The van der Waals surface area contributed by atoms with Crippen LogP contribution in [-0.2, 0) is 4.79 Å². The molecule has 1 N–H and O–H groups in total. The molecule has 1 amide bonds. The molecule has 0 radical (unpaired) electrons. The van der Waals surface area contributed by atoms with Gasteiger partial charge in [-0.3, -0.25) is 14.9 Å². The van der Waals surface area contributed by atoms with Gasteiger partial charge in [0.25, 0.3) is 11.6 Å². The molecule has 1 aliphatic rings. The number of anilines is 1. The number of fused-ring (bicyclic) bond motifs is 1. The van der Waals surface area contributed by atoms with E-state index in [-0.39, 0.29) is 41.7 Å². The quantitative estimate of drug-likeness (QED) is 0.365. The Morgan fingerprint density at radius 3 is 2.64 bits per heavy atom. The molecule has 0 bridgehead atoms. The molecule has 2 aromatic carbocycles. The number of carbonyl (C=O) groups is 1. The maximum atomic E-state index is 12.5. The number of nitriles is 1. The molecule has 1 heterocycles. The van der Waals surface area contributed by atoms with E-state index in [1.807, 2.05) is 0 Å². The largest absolute Gasteiger partial charge is 0.497 e. The number of nitrogens with zero attached hydrogens (tertiary/aromatic N) is 2. The van der Waals surface area contributed by atoms with Gasteiger partial charge in [-0.15, -0.1) is 0 Å². The first-order chi connectivity index (χ1) is 13.5. The van der Waals surface area contributed by atoms with Gasteiger partial charge in [0.2, 0.25) is 0 Å². The van der Waals surface area contributed by atoms with Crippen molar-refractivity contribution in [3.8, 4) is 23.3 Å². The molecular weight excluding hydrogens is 366 g/mol. The first-order valence-corrected chi connectivity index (χ1v) is 8.17. The van der Waals surface area contributed by atoms with Gasteiger partial charge in [-0.1, -0.05) is 12.1 Å². The van der Waals surface area contributed by atoms with Gasteiger partial charge in [0, 0.05) is 6.07 Å². The van der Waals surface area contributed by atoms with Crippen molar-refractivity contribution in [2.45, 2.75) is 0 Å². The number of carbonyl (C=O) groups excluding carboxylic acids is 1. The van der Waals surface area contributed by atoms with Gasteiger partial charge in [-0.25, -0.2) is 0 Å². The lowest BCUT2D eigenvalue weighted by atomic mass is 10.1. The molecule has 2 aromatic rings. The summed E-state index contributed by atoms with van der Waals surface area (Å²) in [4.78, 5) is 23.2. The van der Waals surface area contributed by atoms with E-state index >= 15 is 0 Å². The normalized spacial score (nSPS) is 12.6. The highest BCUT2D eigenvalue weighted by Crippen LogP contribution is 2.39. The number of nitro benzene ring substituents is 1. The predicted octanol–water partition coefficient (Wildman–Crippen LogP) is 2.92. The summed E-state index contributed by atoms with van der Waals surface area (Å²) in [6.45, 7) is 0.565. The molecule has 3 rings (SSSR count). The highest BCUT2D eigenvalue weighted by molar-refractivity contribution is 6.10. The highest BCUT2D eigenvalue weighted by atomic mass is 16.6. The third-order valence-corrected chi connectivity index (χ3v) is 3.88. The second kappa shape index (κ2) is 8.09. The van der Waals surface area contributed by atoms with Crippen LogP contribution in [0.3, 0.4) is 0 Å². The van der Waals surface area contributed by atoms with E-state index in [1.165, 1.54) is 25.3 Å². The molecule has 0 aromatic heterocycles. The third kappa shape index (κ3) is 4.02. The predicted molar refractivity (Wildman–Crippen MR) is 99.3 cm³/mol. The van der Waals surface area contributed by atoms with Gasteiger partial charge in [-0.2, -0.15) is 5.26 Å². The maximum Gasteiger partial charge on any atom is 0.296 e. The molecule has 142 valence electrons. The number of rotatable bonds is 5. The average Bonchev–Trinajstić information content (AvgIpc) is 2.71. The summed E-state index contributed by atoms with van der Waals surface area (Å²) >= 11 is 0. The third-order valence-electron chi connectivity index (χ3n) is 3.88. The van der Waals surface area contributed by atoms with Gasteiger partial charge < -0.3 is 19.5 Å². The Morgan fingerprint density at radius 2 is 2.00 bits per heavy atom. The van der Waals surface area contributed by atoms with Gasteiger partial charge in [0.05, 0.1) is 18.1 Å². The Kier molecular flexibility index (Phi) is 5.41. The fraction of sp³-hybridized carbons (Fsp3) is 0.158. The first kappa shape index (κ1) is 18.7. The zero-order valence-corrected chi connectivity index (χ0v) is 14.8. The molecule has 0 saturated heterocycles. The second-order valence-corrected chi connectivity index (χ2v) is 5.67. The molecule has 0 spiro atoms. The molecule has 0 saturated carbocycles. The summed E-state index contributed by atoms with van der Waals surface area (Å²) in [6, 6.07) is 11.1. The Morgan fingerprint density at radius 1 is 1.29 bits per heavy atom. The van der Waals surface area contributed by atoms with Crippen LogP contribution in [0.4, 0.5) is 11.4 Å². The van der Waals surface area contributed by atoms with Gasteiger partial charge in [0.15, 0.2) is 11.5 Å². The van der Waals surface area contributed by atoms with E-state index in [1.54, 1.807) is 30.3 Å². The van der Waals surface area contributed by atoms with Crippen LogP contribution < -0.4 is 19.5 Å². The Balaban J connectivity index is 1.91. The molecule has 28 heavy (non-hydrogen) atoms. The van der Waals surface area contributed by atoms with E-state index in [2.05, 4.69) is 5.32 Å². The lowest BCUT2D eigenvalue weighted by Crippen LogP contribution is -2.18. The number of ether oxygens (including phenoxy) is 3. The zero-order valence-electron chi connectivity index (χ0n) is 14.8. The monoisotopic (exact) mass is 381 g/mol.